The molecular weight excluding hydrogens is 397 g/mol. The second-order valence-electron chi connectivity index (χ2n) is 6.86. The Balaban J connectivity index is 1.64. The summed E-state index contributed by atoms with van der Waals surface area (Å²) in [6.45, 7) is 0.615. The first-order valence-corrected chi connectivity index (χ1v) is 10.9. The second kappa shape index (κ2) is 12.0. The molecule has 1 aromatic carbocycles. The summed E-state index contributed by atoms with van der Waals surface area (Å²) in [5, 5.41) is 8.58. The molecule has 0 atom stereocenters. The van der Waals surface area contributed by atoms with Crippen molar-refractivity contribution in [1.29, 1.82) is 0 Å². The van der Waals surface area contributed by atoms with Gasteiger partial charge in [0.25, 0.3) is 5.91 Å². The van der Waals surface area contributed by atoms with Crippen molar-refractivity contribution in [3.8, 4) is 0 Å². The van der Waals surface area contributed by atoms with Crippen molar-refractivity contribution in [2.45, 2.75) is 57.8 Å². The summed E-state index contributed by atoms with van der Waals surface area (Å²) in [5.74, 6) is -1.15. The third kappa shape index (κ3) is 7.72. The number of carboxylic acid groups (broad SMARTS) is 1. The minimum atomic E-state index is -0.721. The van der Waals surface area contributed by atoms with Gasteiger partial charge in [-0.2, -0.15) is 0 Å². The molecule has 0 unspecified atom stereocenters. The van der Waals surface area contributed by atoms with E-state index < -0.39 is 5.97 Å². The standard InChI is InChI=1S/C21H26FNO3S2/c22-17-11-9-10-16(14-17)15-18-20(26)23(21(27)28-18)13-8-6-4-2-1-3-5-7-12-19(24)25/h9-11,14-15H,1-8,12-13H2,(H,24,25). The van der Waals surface area contributed by atoms with Gasteiger partial charge in [-0.15, -0.1) is 0 Å². The van der Waals surface area contributed by atoms with Gasteiger partial charge in [0, 0.05) is 13.0 Å². The monoisotopic (exact) mass is 423 g/mol. The first-order chi connectivity index (χ1) is 13.5. The zero-order chi connectivity index (χ0) is 20.4. The Kier molecular flexibility index (Phi) is 9.64. The average molecular weight is 424 g/mol. The topological polar surface area (TPSA) is 57.6 Å². The van der Waals surface area contributed by atoms with E-state index in [0.717, 1.165) is 51.4 Å². The normalized spacial score (nSPS) is 15.6. The lowest BCUT2D eigenvalue weighted by atomic mass is 10.1. The molecule has 1 heterocycles. The van der Waals surface area contributed by atoms with Crippen molar-refractivity contribution >= 4 is 46.3 Å². The molecule has 1 aliphatic rings. The molecule has 4 nitrogen and oxygen atoms in total. The van der Waals surface area contributed by atoms with Crippen LogP contribution in [0.25, 0.3) is 6.08 Å². The maximum absolute atomic E-state index is 13.3. The first-order valence-electron chi connectivity index (χ1n) is 9.70. The average Bonchev–Trinajstić information content (AvgIpc) is 2.90. The summed E-state index contributed by atoms with van der Waals surface area (Å²) in [7, 11) is 0. The van der Waals surface area contributed by atoms with Gasteiger partial charge in [0.1, 0.15) is 10.1 Å². The molecule has 0 spiro atoms. The lowest BCUT2D eigenvalue weighted by Gasteiger charge is -2.14. The van der Waals surface area contributed by atoms with Crippen molar-refractivity contribution in [3.05, 3.63) is 40.6 Å². The van der Waals surface area contributed by atoms with Crippen LogP contribution in [-0.4, -0.2) is 32.7 Å². The Morgan fingerprint density at radius 1 is 1.11 bits per heavy atom. The summed E-state index contributed by atoms with van der Waals surface area (Å²) in [6.07, 6.45) is 10.0. The first kappa shape index (κ1) is 22.6. The van der Waals surface area contributed by atoms with Gasteiger partial charge in [-0.3, -0.25) is 14.5 Å². The van der Waals surface area contributed by atoms with Gasteiger partial charge in [0.05, 0.1) is 4.91 Å². The van der Waals surface area contributed by atoms with Crippen LogP contribution >= 0.6 is 24.0 Å². The molecule has 0 aromatic heterocycles. The number of unbranched alkanes of at least 4 members (excludes halogenated alkanes) is 7. The Bertz CT molecular complexity index is 736. The Morgan fingerprint density at radius 3 is 2.39 bits per heavy atom. The molecule has 1 saturated heterocycles. The Labute approximate surface area is 175 Å². The van der Waals surface area contributed by atoms with Gasteiger partial charge in [-0.25, -0.2) is 4.39 Å². The Hall–Kier alpha value is -1.73. The van der Waals surface area contributed by atoms with Crippen LogP contribution in [0.2, 0.25) is 0 Å². The molecule has 0 bridgehead atoms. The van der Waals surface area contributed by atoms with Crippen molar-refractivity contribution < 1.29 is 19.1 Å². The minimum Gasteiger partial charge on any atom is -0.481 e. The number of hydrogen-bond donors (Lipinski definition) is 1. The number of hydrogen-bond acceptors (Lipinski definition) is 4. The number of rotatable bonds is 12. The lowest BCUT2D eigenvalue weighted by molar-refractivity contribution is -0.137. The molecular formula is C21H26FNO3S2. The van der Waals surface area contributed by atoms with E-state index in [1.807, 2.05) is 0 Å². The molecule has 0 saturated carbocycles. The summed E-state index contributed by atoms with van der Waals surface area (Å²) in [6, 6.07) is 6.15. The predicted octanol–water partition coefficient (Wildman–Crippen LogP) is 5.62. The zero-order valence-corrected chi connectivity index (χ0v) is 17.5. The van der Waals surface area contributed by atoms with E-state index in [1.54, 1.807) is 23.1 Å². The summed E-state index contributed by atoms with van der Waals surface area (Å²) < 4.78 is 13.9. The molecule has 7 heteroatoms. The SMILES string of the molecule is O=C(O)CCCCCCCCCCN1C(=O)C(=Cc2cccc(F)c2)SC1=S. The molecule has 0 aliphatic carbocycles. The van der Waals surface area contributed by atoms with E-state index in [0.29, 0.717) is 21.3 Å². The van der Waals surface area contributed by atoms with E-state index in [9.17, 15) is 14.0 Å². The minimum absolute atomic E-state index is 0.0994. The highest BCUT2D eigenvalue weighted by Gasteiger charge is 2.31. The highest BCUT2D eigenvalue weighted by atomic mass is 32.2. The van der Waals surface area contributed by atoms with E-state index in [2.05, 4.69) is 0 Å². The smallest absolute Gasteiger partial charge is 0.303 e. The van der Waals surface area contributed by atoms with Crippen LogP contribution in [0.4, 0.5) is 4.39 Å². The van der Waals surface area contributed by atoms with Crippen LogP contribution in [0.1, 0.15) is 63.4 Å². The van der Waals surface area contributed by atoms with Crippen LogP contribution in [0, 0.1) is 5.82 Å². The molecule has 0 radical (unpaired) electrons. The molecule has 152 valence electrons. The van der Waals surface area contributed by atoms with Gasteiger partial charge in [-0.1, -0.05) is 74.6 Å². The molecule has 1 N–H and O–H groups in total. The largest absolute Gasteiger partial charge is 0.481 e. The molecule has 1 amide bonds. The van der Waals surface area contributed by atoms with Gasteiger partial charge in [-0.05, 0) is 36.6 Å². The van der Waals surface area contributed by atoms with E-state index in [-0.39, 0.29) is 18.1 Å². The van der Waals surface area contributed by atoms with E-state index in [1.165, 1.54) is 23.9 Å². The fraction of sp³-hybridized carbons (Fsp3) is 0.476. The van der Waals surface area contributed by atoms with E-state index >= 15 is 0 Å². The molecule has 2 rings (SSSR count). The van der Waals surface area contributed by atoms with Gasteiger partial charge in [0.15, 0.2) is 0 Å². The van der Waals surface area contributed by atoms with Crippen molar-refractivity contribution in [3.63, 3.8) is 0 Å². The maximum atomic E-state index is 13.3. The Morgan fingerprint density at radius 2 is 1.75 bits per heavy atom. The highest BCUT2D eigenvalue weighted by Crippen LogP contribution is 2.32. The molecule has 1 fully saturated rings. The number of amides is 1. The summed E-state index contributed by atoms with van der Waals surface area (Å²) in [5.41, 5.74) is 0.656. The van der Waals surface area contributed by atoms with Crippen LogP contribution in [0.15, 0.2) is 29.2 Å². The summed E-state index contributed by atoms with van der Waals surface area (Å²) >= 11 is 6.60. The molecule has 28 heavy (non-hydrogen) atoms. The van der Waals surface area contributed by atoms with Crippen molar-refractivity contribution in [2.24, 2.45) is 0 Å². The predicted molar refractivity (Wildman–Crippen MR) is 115 cm³/mol. The lowest BCUT2D eigenvalue weighted by Crippen LogP contribution is -2.29. The van der Waals surface area contributed by atoms with Crippen LogP contribution in [0.3, 0.4) is 0 Å². The van der Waals surface area contributed by atoms with Crippen molar-refractivity contribution in [2.75, 3.05) is 6.54 Å². The third-order valence-corrected chi connectivity index (χ3v) is 5.92. The van der Waals surface area contributed by atoms with Gasteiger partial charge in [0.2, 0.25) is 0 Å². The van der Waals surface area contributed by atoms with E-state index in [4.69, 9.17) is 17.3 Å². The van der Waals surface area contributed by atoms with Crippen molar-refractivity contribution in [1.82, 2.24) is 4.90 Å². The van der Waals surface area contributed by atoms with Gasteiger partial charge < -0.3 is 5.11 Å². The number of halogens is 1. The number of aliphatic carboxylic acids is 1. The highest BCUT2D eigenvalue weighted by molar-refractivity contribution is 8.26. The quantitative estimate of drug-likeness (QED) is 0.268. The number of carbonyl (C=O) groups excluding carboxylic acids is 1. The van der Waals surface area contributed by atoms with Gasteiger partial charge >= 0.3 is 5.97 Å². The second-order valence-corrected chi connectivity index (χ2v) is 8.54. The number of thioether (sulfide) groups is 1. The number of nitrogens with zero attached hydrogens (tertiary/aromatic N) is 1. The van der Waals surface area contributed by atoms with Crippen LogP contribution in [-0.2, 0) is 9.59 Å². The fourth-order valence-electron chi connectivity index (χ4n) is 3.05. The number of benzene rings is 1. The molecule has 1 aliphatic heterocycles. The fourth-order valence-corrected chi connectivity index (χ4v) is 4.36. The third-order valence-electron chi connectivity index (χ3n) is 4.54. The number of carboxylic acids is 1. The molecule has 1 aromatic rings. The maximum Gasteiger partial charge on any atom is 0.303 e. The zero-order valence-electron chi connectivity index (χ0n) is 15.9. The number of carbonyl (C=O) groups is 2. The summed E-state index contributed by atoms with van der Waals surface area (Å²) in [4.78, 5) is 25.1. The van der Waals surface area contributed by atoms with Crippen LogP contribution in [0.5, 0.6) is 0 Å². The van der Waals surface area contributed by atoms with Crippen LogP contribution < -0.4 is 0 Å². The number of thiocarbonyl (C=S) groups is 1.